The molecule has 3 rings (SSSR count). The van der Waals surface area contributed by atoms with Crippen molar-refractivity contribution >= 4 is 11.6 Å². The van der Waals surface area contributed by atoms with E-state index in [1.807, 2.05) is 24.3 Å². The van der Waals surface area contributed by atoms with E-state index in [4.69, 9.17) is 17.3 Å². The van der Waals surface area contributed by atoms with Gasteiger partial charge >= 0.3 is 0 Å². The fourth-order valence-corrected chi connectivity index (χ4v) is 2.01. The Morgan fingerprint density at radius 1 is 1.41 bits per heavy atom. The summed E-state index contributed by atoms with van der Waals surface area (Å²) >= 11 is 5.98. The van der Waals surface area contributed by atoms with Gasteiger partial charge in [-0.25, -0.2) is 9.67 Å². The number of hydrogen-bond acceptors (Lipinski definition) is 3. The van der Waals surface area contributed by atoms with E-state index in [0.29, 0.717) is 17.5 Å². The molecule has 1 fully saturated rings. The second-order valence-corrected chi connectivity index (χ2v) is 4.69. The van der Waals surface area contributed by atoms with Gasteiger partial charge in [0.25, 0.3) is 0 Å². The van der Waals surface area contributed by atoms with Crippen molar-refractivity contribution in [2.45, 2.75) is 25.3 Å². The Bertz CT molecular complexity index is 545. The van der Waals surface area contributed by atoms with E-state index >= 15 is 0 Å². The number of rotatable bonds is 3. The molecule has 17 heavy (non-hydrogen) atoms. The second-order valence-electron chi connectivity index (χ2n) is 4.26. The van der Waals surface area contributed by atoms with E-state index in [0.717, 1.165) is 17.3 Å². The SMILES string of the molecule is NCc1nc(C2CC2)nn1-c1cccc(Cl)c1. The summed E-state index contributed by atoms with van der Waals surface area (Å²) in [6.45, 7) is 0.381. The molecule has 0 atom stereocenters. The molecule has 0 saturated heterocycles. The lowest BCUT2D eigenvalue weighted by Crippen LogP contribution is -2.07. The summed E-state index contributed by atoms with van der Waals surface area (Å²) in [6, 6.07) is 7.56. The third-order valence-electron chi connectivity index (χ3n) is 2.87. The minimum atomic E-state index is 0.381. The van der Waals surface area contributed by atoms with Crippen molar-refractivity contribution in [1.29, 1.82) is 0 Å². The van der Waals surface area contributed by atoms with Crippen LogP contribution in [-0.4, -0.2) is 14.8 Å². The molecule has 0 unspecified atom stereocenters. The monoisotopic (exact) mass is 248 g/mol. The lowest BCUT2D eigenvalue weighted by molar-refractivity contribution is 0.780. The van der Waals surface area contributed by atoms with Gasteiger partial charge in [0.2, 0.25) is 0 Å². The maximum absolute atomic E-state index is 5.98. The zero-order chi connectivity index (χ0) is 11.8. The number of hydrogen-bond donors (Lipinski definition) is 1. The van der Waals surface area contributed by atoms with Crippen LogP contribution < -0.4 is 5.73 Å². The molecule has 0 radical (unpaired) electrons. The zero-order valence-electron chi connectivity index (χ0n) is 9.31. The molecule has 1 aliphatic carbocycles. The Morgan fingerprint density at radius 2 is 2.24 bits per heavy atom. The summed E-state index contributed by atoms with van der Waals surface area (Å²) < 4.78 is 1.79. The van der Waals surface area contributed by atoms with Crippen molar-refractivity contribution in [2.75, 3.05) is 0 Å². The number of nitrogens with two attached hydrogens (primary N) is 1. The van der Waals surface area contributed by atoms with Gasteiger partial charge in [0.05, 0.1) is 12.2 Å². The Morgan fingerprint density at radius 3 is 2.88 bits per heavy atom. The molecular weight excluding hydrogens is 236 g/mol. The van der Waals surface area contributed by atoms with Crippen LogP contribution in [0.2, 0.25) is 5.02 Å². The van der Waals surface area contributed by atoms with Crippen molar-refractivity contribution < 1.29 is 0 Å². The first-order valence-electron chi connectivity index (χ1n) is 5.70. The van der Waals surface area contributed by atoms with E-state index in [2.05, 4.69) is 10.1 Å². The van der Waals surface area contributed by atoms with Crippen LogP contribution in [0.3, 0.4) is 0 Å². The molecule has 1 aliphatic rings. The average Bonchev–Trinajstić information content (AvgIpc) is 3.09. The maximum Gasteiger partial charge on any atom is 0.154 e. The van der Waals surface area contributed by atoms with Crippen LogP contribution in [0.4, 0.5) is 0 Å². The van der Waals surface area contributed by atoms with Crippen molar-refractivity contribution in [1.82, 2.24) is 14.8 Å². The predicted molar refractivity (Wildman–Crippen MR) is 66.2 cm³/mol. The molecule has 4 nitrogen and oxygen atoms in total. The van der Waals surface area contributed by atoms with Gasteiger partial charge in [0, 0.05) is 10.9 Å². The Balaban J connectivity index is 2.06. The number of nitrogens with zero attached hydrogens (tertiary/aromatic N) is 3. The van der Waals surface area contributed by atoms with Gasteiger partial charge in [-0.15, -0.1) is 0 Å². The highest BCUT2D eigenvalue weighted by Crippen LogP contribution is 2.38. The number of benzene rings is 1. The number of halogens is 1. The molecule has 2 aromatic rings. The highest BCUT2D eigenvalue weighted by atomic mass is 35.5. The van der Waals surface area contributed by atoms with Gasteiger partial charge in [-0.2, -0.15) is 5.10 Å². The molecule has 1 aromatic heterocycles. The largest absolute Gasteiger partial charge is 0.324 e. The predicted octanol–water partition coefficient (Wildman–Crippen LogP) is 2.26. The minimum Gasteiger partial charge on any atom is -0.324 e. The fraction of sp³-hybridized carbons (Fsp3) is 0.333. The topological polar surface area (TPSA) is 56.7 Å². The molecule has 2 N–H and O–H groups in total. The molecule has 0 bridgehead atoms. The Hall–Kier alpha value is -1.39. The molecule has 0 amide bonds. The van der Waals surface area contributed by atoms with Crippen LogP contribution in [0, 0.1) is 0 Å². The molecule has 0 aliphatic heterocycles. The van der Waals surface area contributed by atoms with Gasteiger partial charge in [-0.1, -0.05) is 17.7 Å². The summed E-state index contributed by atoms with van der Waals surface area (Å²) in [4.78, 5) is 4.48. The lowest BCUT2D eigenvalue weighted by Gasteiger charge is -2.03. The first-order valence-corrected chi connectivity index (χ1v) is 6.07. The summed E-state index contributed by atoms with van der Waals surface area (Å²) in [6.07, 6.45) is 2.37. The van der Waals surface area contributed by atoms with E-state index in [-0.39, 0.29) is 0 Å². The Labute approximate surface area is 104 Å². The standard InChI is InChI=1S/C12H13ClN4/c13-9-2-1-3-10(6-9)17-11(7-14)15-12(16-17)8-4-5-8/h1-3,6,8H,4-5,7,14H2. The summed E-state index contributed by atoms with van der Waals surface area (Å²) in [5, 5.41) is 5.21. The lowest BCUT2D eigenvalue weighted by atomic mass is 10.3. The first kappa shape index (κ1) is 10.7. The first-order chi connectivity index (χ1) is 8.28. The molecule has 1 heterocycles. The third-order valence-corrected chi connectivity index (χ3v) is 3.10. The van der Waals surface area contributed by atoms with Crippen molar-refractivity contribution in [3.63, 3.8) is 0 Å². The van der Waals surface area contributed by atoms with Gasteiger partial charge in [0.1, 0.15) is 5.82 Å². The van der Waals surface area contributed by atoms with Crippen molar-refractivity contribution in [3.8, 4) is 5.69 Å². The summed E-state index contributed by atoms with van der Waals surface area (Å²) in [7, 11) is 0. The molecule has 88 valence electrons. The average molecular weight is 249 g/mol. The van der Waals surface area contributed by atoms with Crippen LogP contribution in [0.5, 0.6) is 0 Å². The van der Waals surface area contributed by atoms with Gasteiger partial charge in [-0.3, -0.25) is 0 Å². The molecule has 0 spiro atoms. The highest BCUT2D eigenvalue weighted by Gasteiger charge is 2.28. The van der Waals surface area contributed by atoms with Crippen LogP contribution >= 0.6 is 11.6 Å². The highest BCUT2D eigenvalue weighted by molar-refractivity contribution is 6.30. The fourth-order valence-electron chi connectivity index (χ4n) is 1.82. The second kappa shape index (κ2) is 4.13. The Kier molecular flexibility index (Phi) is 2.61. The van der Waals surface area contributed by atoms with Crippen LogP contribution in [0.15, 0.2) is 24.3 Å². The van der Waals surface area contributed by atoms with Crippen LogP contribution in [0.1, 0.15) is 30.4 Å². The molecule has 5 heteroatoms. The van der Waals surface area contributed by atoms with E-state index in [1.54, 1.807) is 4.68 Å². The van der Waals surface area contributed by atoms with Crippen LogP contribution in [0.25, 0.3) is 5.69 Å². The minimum absolute atomic E-state index is 0.381. The zero-order valence-corrected chi connectivity index (χ0v) is 10.1. The smallest absolute Gasteiger partial charge is 0.154 e. The van der Waals surface area contributed by atoms with Crippen LogP contribution in [-0.2, 0) is 6.54 Å². The van der Waals surface area contributed by atoms with E-state index in [1.165, 1.54) is 12.8 Å². The van der Waals surface area contributed by atoms with Gasteiger partial charge in [-0.05, 0) is 31.0 Å². The number of aromatic nitrogens is 3. The molecule has 1 saturated carbocycles. The third kappa shape index (κ3) is 2.06. The summed E-state index contributed by atoms with van der Waals surface area (Å²) in [5.74, 6) is 2.22. The van der Waals surface area contributed by atoms with Gasteiger partial charge in [0.15, 0.2) is 5.82 Å². The molecule has 1 aromatic carbocycles. The van der Waals surface area contributed by atoms with Crippen molar-refractivity contribution in [3.05, 3.63) is 40.9 Å². The summed E-state index contributed by atoms with van der Waals surface area (Å²) in [5.41, 5.74) is 6.62. The maximum atomic E-state index is 5.98. The van der Waals surface area contributed by atoms with E-state index in [9.17, 15) is 0 Å². The van der Waals surface area contributed by atoms with Gasteiger partial charge < -0.3 is 5.73 Å². The quantitative estimate of drug-likeness (QED) is 0.907. The van der Waals surface area contributed by atoms with Crippen molar-refractivity contribution in [2.24, 2.45) is 5.73 Å². The molecular formula is C12H13ClN4. The normalized spacial score (nSPS) is 15.2. The van der Waals surface area contributed by atoms with E-state index < -0.39 is 0 Å².